The molecule has 5 nitrogen and oxygen atoms in total. The first-order valence-corrected chi connectivity index (χ1v) is 7.69. The zero-order valence-corrected chi connectivity index (χ0v) is 12.9. The summed E-state index contributed by atoms with van der Waals surface area (Å²) in [5.74, 6) is 0.891. The van der Waals surface area contributed by atoms with Crippen molar-refractivity contribution in [3.63, 3.8) is 0 Å². The van der Waals surface area contributed by atoms with Crippen molar-refractivity contribution < 1.29 is 9.53 Å². The van der Waals surface area contributed by atoms with Crippen molar-refractivity contribution in [3.8, 4) is 5.75 Å². The molecule has 0 aromatic heterocycles. The van der Waals surface area contributed by atoms with Gasteiger partial charge in [0.1, 0.15) is 11.9 Å². The number of rotatable bonds is 6. The van der Waals surface area contributed by atoms with Crippen LogP contribution in [0.4, 0.5) is 5.69 Å². The molecule has 0 bridgehead atoms. The molecule has 3 N–H and O–H groups in total. The van der Waals surface area contributed by atoms with Gasteiger partial charge in [-0.1, -0.05) is 19.9 Å². The number of nitrogens with two attached hydrogens (primary N) is 1. The normalized spacial score (nSPS) is 17.1. The summed E-state index contributed by atoms with van der Waals surface area (Å²) in [4.78, 5) is 14.1. The van der Waals surface area contributed by atoms with Gasteiger partial charge in [0.25, 0.3) is 0 Å². The number of nitrogens with one attached hydrogen (secondary N) is 1. The molecular formula is C16H25N3O2. The number of carbonyl (C=O) groups is 1. The summed E-state index contributed by atoms with van der Waals surface area (Å²) in [6.07, 6.45) is 1.98. The van der Waals surface area contributed by atoms with E-state index in [1.54, 1.807) is 0 Å². The predicted molar refractivity (Wildman–Crippen MR) is 84.6 cm³/mol. The van der Waals surface area contributed by atoms with Gasteiger partial charge in [0.2, 0.25) is 5.91 Å². The highest BCUT2D eigenvalue weighted by Gasteiger charge is 2.26. The summed E-state index contributed by atoms with van der Waals surface area (Å²) in [7, 11) is 0. The number of fused-ring (bicyclic) bond motifs is 1. The molecule has 0 saturated heterocycles. The Bertz CT molecular complexity index is 490. The van der Waals surface area contributed by atoms with Gasteiger partial charge >= 0.3 is 0 Å². The highest BCUT2D eigenvalue weighted by molar-refractivity contribution is 5.82. The van der Waals surface area contributed by atoms with E-state index in [9.17, 15) is 4.79 Å². The fourth-order valence-corrected chi connectivity index (χ4v) is 2.46. The van der Waals surface area contributed by atoms with E-state index in [1.165, 1.54) is 0 Å². The van der Waals surface area contributed by atoms with Crippen molar-refractivity contribution >= 4 is 11.6 Å². The standard InChI is InChI=1S/C16H25N3O2/c1-3-7-18-16(20)11-19-10-13(4-2)21-15-8-12(9-17)5-6-14(15)19/h5-6,8,13H,3-4,7,9-11,17H2,1-2H3,(H,18,20). The minimum Gasteiger partial charge on any atom is -0.486 e. The number of carbonyl (C=O) groups excluding carboxylic acids is 1. The first-order chi connectivity index (χ1) is 10.2. The van der Waals surface area contributed by atoms with Crippen LogP contribution in [0.2, 0.25) is 0 Å². The predicted octanol–water partition coefficient (Wildman–Crippen LogP) is 1.65. The molecule has 0 fully saturated rings. The van der Waals surface area contributed by atoms with Gasteiger partial charge in [0, 0.05) is 13.1 Å². The van der Waals surface area contributed by atoms with Crippen LogP contribution < -0.4 is 20.7 Å². The molecule has 2 rings (SSSR count). The van der Waals surface area contributed by atoms with Gasteiger partial charge in [0.05, 0.1) is 18.8 Å². The second kappa shape index (κ2) is 7.31. The number of ether oxygens (including phenoxy) is 1. The minimum atomic E-state index is 0.0578. The lowest BCUT2D eigenvalue weighted by molar-refractivity contribution is -0.119. The van der Waals surface area contributed by atoms with E-state index < -0.39 is 0 Å². The van der Waals surface area contributed by atoms with Gasteiger partial charge in [-0.05, 0) is 30.5 Å². The molecule has 1 aromatic carbocycles. The monoisotopic (exact) mass is 291 g/mol. The number of hydrogen-bond acceptors (Lipinski definition) is 4. The van der Waals surface area contributed by atoms with E-state index in [1.807, 2.05) is 25.1 Å². The Labute approximate surface area is 126 Å². The average molecular weight is 291 g/mol. The van der Waals surface area contributed by atoms with Gasteiger partial charge in [-0.25, -0.2) is 0 Å². The highest BCUT2D eigenvalue weighted by Crippen LogP contribution is 2.34. The van der Waals surface area contributed by atoms with E-state index in [2.05, 4.69) is 17.1 Å². The zero-order valence-electron chi connectivity index (χ0n) is 12.9. The second-order valence-corrected chi connectivity index (χ2v) is 5.38. The maximum atomic E-state index is 12.0. The third kappa shape index (κ3) is 3.88. The molecule has 0 radical (unpaired) electrons. The fourth-order valence-electron chi connectivity index (χ4n) is 2.46. The molecular weight excluding hydrogens is 266 g/mol. The molecule has 1 heterocycles. The van der Waals surface area contributed by atoms with Gasteiger partial charge in [-0.2, -0.15) is 0 Å². The van der Waals surface area contributed by atoms with E-state index in [0.717, 1.165) is 42.9 Å². The van der Waals surface area contributed by atoms with E-state index in [0.29, 0.717) is 13.1 Å². The molecule has 0 aliphatic carbocycles. The van der Waals surface area contributed by atoms with Gasteiger partial charge in [0.15, 0.2) is 0 Å². The van der Waals surface area contributed by atoms with Crippen molar-refractivity contribution in [1.29, 1.82) is 0 Å². The van der Waals surface area contributed by atoms with Crippen LogP contribution in [-0.4, -0.2) is 31.6 Å². The molecule has 1 aromatic rings. The lowest BCUT2D eigenvalue weighted by Gasteiger charge is -2.35. The van der Waals surface area contributed by atoms with Crippen molar-refractivity contribution in [1.82, 2.24) is 5.32 Å². The number of nitrogens with zero attached hydrogens (tertiary/aromatic N) is 1. The Hall–Kier alpha value is -1.75. The van der Waals surface area contributed by atoms with Crippen LogP contribution in [0.25, 0.3) is 0 Å². The van der Waals surface area contributed by atoms with Crippen molar-refractivity contribution in [3.05, 3.63) is 23.8 Å². The summed E-state index contributed by atoms with van der Waals surface area (Å²) >= 11 is 0. The third-order valence-electron chi connectivity index (χ3n) is 3.68. The average Bonchev–Trinajstić information content (AvgIpc) is 2.51. The molecule has 1 unspecified atom stereocenters. The van der Waals surface area contributed by atoms with Crippen LogP contribution in [0.15, 0.2) is 18.2 Å². The summed E-state index contributed by atoms with van der Waals surface area (Å²) in [5, 5.41) is 2.92. The number of amides is 1. The molecule has 5 heteroatoms. The molecule has 116 valence electrons. The maximum Gasteiger partial charge on any atom is 0.239 e. The van der Waals surface area contributed by atoms with E-state index in [-0.39, 0.29) is 12.0 Å². The number of hydrogen-bond donors (Lipinski definition) is 2. The summed E-state index contributed by atoms with van der Waals surface area (Å²) in [6.45, 7) is 6.47. The van der Waals surface area contributed by atoms with Crippen molar-refractivity contribution in [2.75, 3.05) is 24.5 Å². The Morgan fingerprint density at radius 1 is 1.48 bits per heavy atom. The first kappa shape index (κ1) is 15.6. The van der Waals surface area contributed by atoms with Crippen LogP contribution in [0, 0.1) is 0 Å². The molecule has 0 saturated carbocycles. The van der Waals surface area contributed by atoms with Crippen molar-refractivity contribution in [2.45, 2.75) is 39.3 Å². The molecule has 1 amide bonds. The van der Waals surface area contributed by atoms with E-state index in [4.69, 9.17) is 10.5 Å². The van der Waals surface area contributed by atoms with Gasteiger partial charge in [-0.3, -0.25) is 4.79 Å². The molecule has 21 heavy (non-hydrogen) atoms. The van der Waals surface area contributed by atoms with Crippen LogP contribution in [-0.2, 0) is 11.3 Å². The van der Waals surface area contributed by atoms with Crippen LogP contribution in [0.5, 0.6) is 5.75 Å². The molecule has 1 atom stereocenters. The van der Waals surface area contributed by atoms with Crippen LogP contribution >= 0.6 is 0 Å². The molecule has 1 aliphatic heterocycles. The fraction of sp³-hybridized carbons (Fsp3) is 0.562. The SMILES string of the molecule is CCCNC(=O)CN1CC(CC)Oc2cc(CN)ccc21. The minimum absolute atomic E-state index is 0.0578. The van der Waals surface area contributed by atoms with Gasteiger partial charge < -0.3 is 20.7 Å². The largest absolute Gasteiger partial charge is 0.486 e. The zero-order chi connectivity index (χ0) is 15.2. The summed E-state index contributed by atoms with van der Waals surface area (Å²) in [6, 6.07) is 5.97. The van der Waals surface area contributed by atoms with Gasteiger partial charge in [-0.15, -0.1) is 0 Å². The lowest BCUT2D eigenvalue weighted by atomic mass is 10.1. The topological polar surface area (TPSA) is 67.6 Å². The maximum absolute atomic E-state index is 12.0. The Balaban J connectivity index is 2.16. The number of benzene rings is 1. The smallest absolute Gasteiger partial charge is 0.239 e. The first-order valence-electron chi connectivity index (χ1n) is 7.69. The Morgan fingerprint density at radius 3 is 2.95 bits per heavy atom. The summed E-state index contributed by atoms with van der Waals surface area (Å²) in [5.41, 5.74) is 7.71. The second-order valence-electron chi connectivity index (χ2n) is 5.38. The van der Waals surface area contributed by atoms with Crippen LogP contribution in [0.1, 0.15) is 32.3 Å². The lowest BCUT2D eigenvalue weighted by Crippen LogP contribution is -2.45. The summed E-state index contributed by atoms with van der Waals surface area (Å²) < 4.78 is 5.99. The Morgan fingerprint density at radius 2 is 2.29 bits per heavy atom. The van der Waals surface area contributed by atoms with Crippen molar-refractivity contribution in [2.24, 2.45) is 5.73 Å². The van der Waals surface area contributed by atoms with Crippen LogP contribution in [0.3, 0.4) is 0 Å². The quantitative estimate of drug-likeness (QED) is 0.836. The molecule has 1 aliphatic rings. The third-order valence-corrected chi connectivity index (χ3v) is 3.68. The Kier molecular flexibility index (Phi) is 5.44. The van der Waals surface area contributed by atoms with E-state index >= 15 is 0 Å². The highest BCUT2D eigenvalue weighted by atomic mass is 16.5. The number of anilines is 1. The molecule has 0 spiro atoms.